The number of aryl methyl sites for hydroxylation is 1. The van der Waals surface area contributed by atoms with Crippen LogP contribution < -0.4 is 9.64 Å². The Morgan fingerprint density at radius 2 is 1.75 bits per heavy atom. The Hall–Kier alpha value is -3.31. The molecule has 3 aromatic carbocycles. The van der Waals surface area contributed by atoms with Crippen LogP contribution in [0.4, 0.5) is 5.69 Å². The average Bonchev–Trinajstić information content (AvgIpc) is 3.45. The van der Waals surface area contributed by atoms with E-state index in [4.69, 9.17) is 21.3 Å². The summed E-state index contributed by atoms with van der Waals surface area (Å²) in [6.45, 7) is 6.48. The van der Waals surface area contributed by atoms with Crippen LogP contribution in [0.1, 0.15) is 56.3 Å². The van der Waals surface area contributed by atoms with E-state index in [9.17, 15) is 4.79 Å². The standard InChI is InChI=1S/C30H32ClN3O2/c1-21(2)22-13-15-24(16-14-22)36-18-8-7-17-33-28-12-6-4-10-26(28)32-30(33)23-19-29(35)34(20-23)27-11-5-3-9-25(27)31/h3-6,9-16,21,23H,7-8,17-20H2,1-2H3. The Morgan fingerprint density at radius 3 is 2.53 bits per heavy atom. The van der Waals surface area contributed by atoms with Gasteiger partial charge in [0.25, 0.3) is 0 Å². The summed E-state index contributed by atoms with van der Waals surface area (Å²) in [6.07, 6.45) is 2.34. The Morgan fingerprint density at radius 1 is 1.00 bits per heavy atom. The molecule has 1 saturated heterocycles. The van der Waals surface area contributed by atoms with E-state index in [0.717, 1.165) is 47.7 Å². The number of imidazole rings is 1. The number of carbonyl (C=O) groups is 1. The highest BCUT2D eigenvalue weighted by atomic mass is 35.5. The normalized spacial score (nSPS) is 15.8. The number of anilines is 1. The molecule has 0 N–H and O–H groups in total. The van der Waals surface area contributed by atoms with Crippen molar-refractivity contribution in [3.63, 3.8) is 0 Å². The number of para-hydroxylation sites is 3. The van der Waals surface area contributed by atoms with Gasteiger partial charge in [-0.2, -0.15) is 0 Å². The molecular formula is C30H32ClN3O2. The van der Waals surface area contributed by atoms with Crippen molar-refractivity contribution in [1.29, 1.82) is 0 Å². The number of carbonyl (C=O) groups excluding carboxylic acids is 1. The zero-order valence-corrected chi connectivity index (χ0v) is 21.6. The molecule has 4 aromatic rings. The summed E-state index contributed by atoms with van der Waals surface area (Å²) < 4.78 is 8.27. The van der Waals surface area contributed by atoms with E-state index in [1.54, 1.807) is 4.90 Å². The third kappa shape index (κ3) is 5.12. The second kappa shape index (κ2) is 10.8. The van der Waals surface area contributed by atoms with Crippen molar-refractivity contribution in [2.75, 3.05) is 18.1 Å². The van der Waals surface area contributed by atoms with Crippen LogP contribution >= 0.6 is 11.6 Å². The SMILES string of the molecule is CC(C)c1ccc(OCCCCn2c(C3CC(=O)N(c4ccccc4Cl)C3)nc3ccccc32)cc1. The monoisotopic (exact) mass is 501 g/mol. The quantitative estimate of drug-likeness (QED) is 0.228. The number of amides is 1. The average molecular weight is 502 g/mol. The number of unbranched alkanes of at least 4 members (excludes halogenated alkanes) is 1. The number of halogens is 1. The molecule has 1 aromatic heterocycles. The van der Waals surface area contributed by atoms with E-state index in [1.165, 1.54) is 5.56 Å². The van der Waals surface area contributed by atoms with Crippen LogP contribution in [0.3, 0.4) is 0 Å². The van der Waals surface area contributed by atoms with Crippen LogP contribution in [0.2, 0.25) is 5.02 Å². The zero-order chi connectivity index (χ0) is 25.1. The molecule has 1 aliphatic rings. The van der Waals surface area contributed by atoms with E-state index < -0.39 is 0 Å². The van der Waals surface area contributed by atoms with Gasteiger partial charge in [0.15, 0.2) is 0 Å². The number of aromatic nitrogens is 2. The second-order valence-electron chi connectivity index (χ2n) is 9.75. The van der Waals surface area contributed by atoms with Gasteiger partial charge in [0.2, 0.25) is 5.91 Å². The molecule has 0 spiro atoms. The molecule has 1 atom stereocenters. The summed E-state index contributed by atoms with van der Waals surface area (Å²) >= 11 is 6.40. The van der Waals surface area contributed by atoms with Crippen LogP contribution in [0.15, 0.2) is 72.8 Å². The first-order chi connectivity index (χ1) is 17.5. The van der Waals surface area contributed by atoms with Crippen molar-refractivity contribution in [3.05, 3.63) is 89.2 Å². The smallest absolute Gasteiger partial charge is 0.227 e. The largest absolute Gasteiger partial charge is 0.494 e. The molecule has 1 fully saturated rings. The van der Waals surface area contributed by atoms with Crippen molar-refractivity contribution in [2.45, 2.75) is 51.5 Å². The maximum absolute atomic E-state index is 12.9. The van der Waals surface area contributed by atoms with Gasteiger partial charge in [-0.05, 0) is 60.7 Å². The number of hydrogen-bond donors (Lipinski definition) is 0. The van der Waals surface area contributed by atoms with E-state index >= 15 is 0 Å². The topological polar surface area (TPSA) is 47.4 Å². The van der Waals surface area contributed by atoms with Crippen molar-refractivity contribution in [1.82, 2.24) is 9.55 Å². The lowest BCUT2D eigenvalue weighted by Crippen LogP contribution is -2.24. The molecule has 0 saturated carbocycles. The number of hydrogen-bond acceptors (Lipinski definition) is 3. The molecular weight excluding hydrogens is 470 g/mol. The lowest BCUT2D eigenvalue weighted by atomic mass is 10.0. The fraction of sp³-hybridized carbons (Fsp3) is 0.333. The molecule has 2 heterocycles. The molecule has 1 unspecified atom stereocenters. The van der Waals surface area contributed by atoms with Crippen LogP contribution in [0, 0.1) is 0 Å². The van der Waals surface area contributed by atoms with Gasteiger partial charge in [0.05, 0.1) is 28.4 Å². The first-order valence-corrected chi connectivity index (χ1v) is 13.1. The van der Waals surface area contributed by atoms with Gasteiger partial charge in [-0.15, -0.1) is 0 Å². The Labute approximate surface area is 217 Å². The van der Waals surface area contributed by atoms with Crippen molar-refractivity contribution < 1.29 is 9.53 Å². The van der Waals surface area contributed by atoms with Gasteiger partial charge in [0, 0.05) is 25.4 Å². The van der Waals surface area contributed by atoms with Gasteiger partial charge in [-0.3, -0.25) is 4.79 Å². The Kier molecular flexibility index (Phi) is 7.28. The maximum atomic E-state index is 12.9. The van der Waals surface area contributed by atoms with Crippen LogP contribution in [-0.4, -0.2) is 28.6 Å². The summed E-state index contributed by atoms with van der Waals surface area (Å²) in [5.74, 6) is 2.52. The van der Waals surface area contributed by atoms with Crippen molar-refractivity contribution in [2.24, 2.45) is 0 Å². The molecule has 1 aliphatic heterocycles. The number of fused-ring (bicyclic) bond motifs is 1. The second-order valence-corrected chi connectivity index (χ2v) is 10.2. The number of nitrogens with zero attached hydrogens (tertiary/aromatic N) is 3. The molecule has 5 rings (SSSR count). The number of rotatable bonds is 9. The first-order valence-electron chi connectivity index (χ1n) is 12.7. The summed E-state index contributed by atoms with van der Waals surface area (Å²) in [7, 11) is 0. The van der Waals surface area contributed by atoms with E-state index in [1.807, 2.05) is 42.5 Å². The van der Waals surface area contributed by atoms with Gasteiger partial charge in [0.1, 0.15) is 11.6 Å². The molecule has 0 aliphatic carbocycles. The fourth-order valence-corrected chi connectivity index (χ4v) is 5.17. The minimum absolute atomic E-state index is 0.0249. The third-order valence-electron chi connectivity index (χ3n) is 6.91. The van der Waals surface area contributed by atoms with Crippen molar-refractivity contribution >= 4 is 34.2 Å². The summed E-state index contributed by atoms with van der Waals surface area (Å²) in [5.41, 5.74) is 4.17. The van der Waals surface area contributed by atoms with Gasteiger partial charge >= 0.3 is 0 Å². The van der Waals surface area contributed by atoms with Gasteiger partial charge < -0.3 is 14.2 Å². The molecule has 1 amide bonds. The fourth-order valence-electron chi connectivity index (χ4n) is 4.94. The Balaban J connectivity index is 1.26. The summed E-state index contributed by atoms with van der Waals surface area (Å²) in [6, 6.07) is 24.1. The minimum Gasteiger partial charge on any atom is -0.494 e. The van der Waals surface area contributed by atoms with Gasteiger partial charge in [-0.1, -0.05) is 61.8 Å². The maximum Gasteiger partial charge on any atom is 0.227 e. The highest BCUT2D eigenvalue weighted by Gasteiger charge is 2.35. The van der Waals surface area contributed by atoms with E-state index in [2.05, 4.69) is 48.7 Å². The van der Waals surface area contributed by atoms with E-state index in [0.29, 0.717) is 30.5 Å². The van der Waals surface area contributed by atoms with Gasteiger partial charge in [-0.25, -0.2) is 4.98 Å². The summed E-state index contributed by atoms with van der Waals surface area (Å²) in [5, 5.41) is 0.596. The lowest BCUT2D eigenvalue weighted by molar-refractivity contribution is -0.117. The molecule has 36 heavy (non-hydrogen) atoms. The van der Waals surface area contributed by atoms with Crippen LogP contribution in [0.25, 0.3) is 11.0 Å². The zero-order valence-electron chi connectivity index (χ0n) is 20.9. The van der Waals surface area contributed by atoms with Crippen molar-refractivity contribution in [3.8, 4) is 5.75 Å². The molecule has 5 nitrogen and oxygen atoms in total. The van der Waals surface area contributed by atoms with E-state index in [-0.39, 0.29) is 11.8 Å². The summed E-state index contributed by atoms with van der Waals surface area (Å²) in [4.78, 5) is 19.7. The highest BCUT2D eigenvalue weighted by Crippen LogP contribution is 2.36. The number of ether oxygens (including phenoxy) is 1. The molecule has 0 bridgehead atoms. The van der Waals surface area contributed by atoms with Crippen LogP contribution in [0.5, 0.6) is 5.75 Å². The predicted molar refractivity (Wildman–Crippen MR) is 146 cm³/mol. The minimum atomic E-state index is 0.0249. The predicted octanol–water partition coefficient (Wildman–Crippen LogP) is 7.19. The van der Waals surface area contributed by atoms with Crippen LogP contribution in [-0.2, 0) is 11.3 Å². The highest BCUT2D eigenvalue weighted by molar-refractivity contribution is 6.33. The first kappa shape index (κ1) is 24.4. The molecule has 6 heteroatoms. The lowest BCUT2D eigenvalue weighted by Gasteiger charge is -2.18. The number of benzene rings is 3. The molecule has 0 radical (unpaired) electrons. The third-order valence-corrected chi connectivity index (χ3v) is 7.23. The molecule has 186 valence electrons. The Bertz CT molecular complexity index is 1350.